The molecule has 2 aliphatic rings. The summed E-state index contributed by atoms with van der Waals surface area (Å²) >= 11 is 0. The van der Waals surface area contributed by atoms with Gasteiger partial charge in [0.1, 0.15) is 0 Å². The van der Waals surface area contributed by atoms with E-state index in [1.165, 1.54) is 25.0 Å². The minimum absolute atomic E-state index is 0.146. The number of nitrogens with zero attached hydrogens (tertiary/aromatic N) is 1. The van der Waals surface area contributed by atoms with E-state index in [0.717, 1.165) is 50.3 Å². The van der Waals surface area contributed by atoms with Crippen LogP contribution < -0.4 is 10.6 Å². The van der Waals surface area contributed by atoms with Gasteiger partial charge in [-0.1, -0.05) is 50.2 Å². The van der Waals surface area contributed by atoms with E-state index in [1.54, 1.807) is 6.07 Å². The normalized spacial score (nSPS) is 22.2. The minimum atomic E-state index is -4.28. The third kappa shape index (κ3) is 8.02. The Morgan fingerprint density at radius 1 is 1.06 bits per heavy atom. The average molecular weight is 476 g/mol. The van der Waals surface area contributed by atoms with E-state index in [1.807, 2.05) is 36.4 Å². The smallest absolute Gasteiger partial charge is 0.385 e. The number of nitrogens with one attached hydrogen (secondary N) is 2. The van der Waals surface area contributed by atoms with Gasteiger partial charge in [-0.05, 0) is 93.9 Å². The number of piperidine rings is 1. The molecule has 3 atom stereocenters. The average Bonchev–Trinajstić information content (AvgIpc) is 2.84. The Kier molecular flexibility index (Phi) is 9.84. The van der Waals surface area contributed by atoms with Crippen LogP contribution in [0.5, 0.6) is 0 Å². The Bertz CT molecular complexity index is 821. The van der Waals surface area contributed by atoms with Gasteiger partial charge in [-0.3, -0.25) is 0 Å². The molecule has 2 aromatic rings. The van der Waals surface area contributed by atoms with Crippen LogP contribution in [-0.2, 0) is 6.18 Å². The lowest BCUT2D eigenvalue weighted by Gasteiger charge is -2.34. The van der Waals surface area contributed by atoms with Gasteiger partial charge in [0.2, 0.25) is 0 Å². The second-order valence-electron chi connectivity index (χ2n) is 10.1. The molecule has 0 aliphatic carbocycles. The van der Waals surface area contributed by atoms with Crippen LogP contribution in [0.1, 0.15) is 56.6 Å². The number of rotatable bonds is 6. The Morgan fingerprint density at radius 3 is 2.26 bits per heavy atom. The number of halogens is 3. The number of anilines is 1. The van der Waals surface area contributed by atoms with Crippen molar-refractivity contribution in [3.8, 4) is 0 Å². The fraction of sp³-hybridized carbons (Fsp3) is 0.571. The van der Waals surface area contributed by atoms with E-state index in [4.69, 9.17) is 0 Å². The molecule has 2 heterocycles. The van der Waals surface area contributed by atoms with Crippen molar-refractivity contribution in [2.75, 3.05) is 38.5 Å². The fourth-order valence-electron chi connectivity index (χ4n) is 4.87. The van der Waals surface area contributed by atoms with E-state index >= 15 is 0 Å². The van der Waals surface area contributed by atoms with E-state index in [2.05, 4.69) is 36.4 Å². The highest BCUT2D eigenvalue weighted by molar-refractivity contribution is 5.56. The summed E-state index contributed by atoms with van der Waals surface area (Å²) in [4.78, 5) is 2.38. The van der Waals surface area contributed by atoms with Crippen molar-refractivity contribution < 1.29 is 13.2 Å². The molecule has 1 fully saturated rings. The Hall–Kier alpha value is -2.05. The molecule has 2 N–H and O–H groups in total. The predicted molar refractivity (Wildman–Crippen MR) is 135 cm³/mol. The van der Waals surface area contributed by atoms with Gasteiger partial charge in [-0.15, -0.1) is 0 Å². The molecule has 0 bridgehead atoms. The molecule has 0 saturated carbocycles. The van der Waals surface area contributed by atoms with Crippen LogP contribution in [0.15, 0.2) is 54.6 Å². The van der Waals surface area contributed by atoms with Crippen molar-refractivity contribution in [3.63, 3.8) is 0 Å². The zero-order valence-electron chi connectivity index (χ0n) is 20.7. The van der Waals surface area contributed by atoms with Gasteiger partial charge in [-0.25, -0.2) is 0 Å². The zero-order chi connectivity index (χ0) is 24.6. The van der Waals surface area contributed by atoms with Gasteiger partial charge in [0.15, 0.2) is 0 Å². The van der Waals surface area contributed by atoms with E-state index < -0.39 is 11.7 Å². The molecule has 34 heavy (non-hydrogen) atoms. The largest absolute Gasteiger partial charge is 0.416 e. The van der Waals surface area contributed by atoms with Crippen molar-refractivity contribution in [2.24, 2.45) is 11.8 Å². The molecule has 6 heteroatoms. The molecule has 0 radical (unpaired) electrons. The van der Waals surface area contributed by atoms with Gasteiger partial charge in [0.05, 0.1) is 5.56 Å². The van der Waals surface area contributed by atoms with Crippen LogP contribution in [0.4, 0.5) is 18.9 Å². The first-order valence-electron chi connectivity index (χ1n) is 12.6. The maximum Gasteiger partial charge on any atom is 0.416 e. The zero-order valence-corrected chi connectivity index (χ0v) is 20.7. The number of benzene rings is 2. The van der Waals surface area contributed by atoms with E-state index in [-0.39, 0.29) is 5.92 Å². The molecule has 0 spiro atoms. The van der Waals surface area contributed by atoms with Crippen molar-refractivity contribution >= 4 is 5.69 Å². The molecule has 3 unspecified atom stereocenters. The molecule has 0 aromatic heterocycles. The molecule has 2 aliphatic heterocycles. The summed E-state index contributed by atoms with van der Waals surface area (Å²) in [6.45, 7) is 8.55. The first-order valence-corrected chi connectivity index (χ1v) is 12.6. The highest BCUT2D eigenvalue weighted by Crippen LogP contribution is 2.40. The molecular weight excluding hydrogens is 435 g/mol. The number of hydrogen-bond acceptors (Lipinski definition) is 3. The Balaban J connectivity index is 0.000000469. The molecule has 3 nitrogen and oxygen atoms in total. The van der Waals surface area contributed by atoms with Crippen LogP contribution in [0.2, 0.25) is 0 Å². The summed E-state index contributed by atoms with van der Waals surface area (Å²) in [5.41, 5.74) is 1.12. The van der Waals surface area contributed by atoms with E-state index in [0.29, 0.717) is 17.9 Å². The first kappa shape index (κ1) is 26.6. The van der Waals surface area contributed by atoms with Crippen LogP contribution in [-0.4, -0.2) is 44.2 Å². The highest BCUT2D eigenvalue weighted by Gasteiger charge is 2.33. The molecule has 4 rings (SSSR count). The molecule has 188 valence electrons. The molecule has 1 saturated heterocycles. The fourth-order valence-corrected chi connectivity index (χ4v) is 4.87. The third-order valence-corrected chi connectivity index (χ3v) is 7.30. The van der Waals surface area contributed by atoms with E-state index in [9.17, 15) is 13.2 Å². The Morgan fingerprint density at radius 2 is 1.68 bits per heavy atom. The number of fused-ring (bicyclic) bond motifs is 1. The van der Waals surface area contributed by atoms with Crippen molar-refractivity contribution in [3.05, 3.63) is 65.7 Å². The van der Waals surface area contributed by atoms with Crippen LogP contribution in [0, 0.1) is 11.8 Å². The number of alkyl halides is 3. The SMILES string of the molecule is CC(CCC1CNc2ccc(C(F)(F)F)cc2C1C)CNC1CCN(C)CC1.c1ccccc1. The second-order valence-corrected chi connectivity index (χ2v) is 10.1. The molecule has 2 aromatic carbocycles. The van der Waals surface area contributed by atoms with Crippen molar-refractivity contribution in [1.82, 2.24) is 10.2 Å². The quantitative estimate of drug-likeness (QED) is 0.491. The van der Waals surface area contributed by atoms with Gasteiger partial charge in [-0.2, -0.15) is 13.2 Å². The standard InChI is InChI=1S/C22H34F3N3.C6H6/c1-15(13-26-19-8-10-28(3)11-9-19)4-5-17-14-27-21-7-6-18(22(23,24)25)12-20(21)16(17)2;1-2-4-6-5-3-1/h6-7,12,15-17,19,26-27H,4-5,8-11,13-14H2,1-3H3;1-6H. The Labute approximate surface area is 203 Å². The number of likely N-dealkylation sites (tertiary alicyclic amines) is 1. The minimum Gasteiger partial charge on any atom is -0.385 e. The predicted octanol–water partition coefficient (Wildman–Crippen LogP) is 6.64. The van der Waals surface area contributed by atoms with Gasteiger partial charge < -0.3 is 15.5 Å². The first-order chi connectivity index (χ1) is 16.2. The monoisotopic (exact) mass is 475 g/mol. The topological polar surface area (TPSA) is 27.3 Å². The summed E-state index contributed by atoms with van der Waals surface area (Å²) in [5.74, 6) is 1.10. The van der Waals surface area contributed by atoms with Crippen LogP contribution in [0.3, 0.4) is 0 Å². The summed E-state index contributed by atoms with van der Waals surface area (Å²) in [6, 6.07) is 16.7. The molecular formula is C28H40F3N3. The highest BCUT2D eigenvalue weighted by atomic mass is 19.4. The maximum absolute atomic E-state index is 13.1. The summed E-state index contributed by atoms with van der Waals surface area (Å²) in [6.07, 6.45) is 0.288. The third-order valence-electron chi connectivity index (χ3n) is 7.30. The van der Waals surface area contributed by atoms with Crippen LogP contribution in [0.25, 0.3) is 0 Å². The lowest BCUT2D eigenvalue weighted by atomic mass is 9.79. The van der Waals surface area contributed by atoms with Gasteiger partial charge >= 0.3 is 6.18 Å². The van der Waals surface area contributed by atoms with Crippen molar-refractivity contribution in [1.29, 1.82) is 0 Å². The lowest BCUT2D eigenvalue weighted by molar-refractivity contribution is -0.137. The maximum atomic E-state index is 13.1. The van der Waals surface area contributed by atoms with Crippen molar-refractivity contribution in [2.45, 2.75) is 57.7 Å². The lowest BCUT2D eigenvalue weighted by Crippen LogP contribution is -2.42. The summed E-state index contributed by atoms with van der Waals surface area (Å²) in [5, 5.41) is 7.06. The van der Waals surface area contributed by atoms with Gasteiger partial charge in [0.25, 0.3) is 0 Å². The molecule has 0 amide bonds. The second kappa shape index (κ2) is 12.6. The van der Waals surface area contributed by atoms with Gasteiger partial charge in [0, 0.05) is 18.3 Å². The summed E-state index contributed by atoms with van der Waals surface area (Å²) in [7, 11) is 2.17. The number of hydrogen-bond donors (Lipinski definition) is 2. The van der Waals surface area contributed by atoms with Crippen LogP contribution >= 0.6 is 0 Å². The summed E-state index contributed by atoms with van der Waals surface area (Å²) < 4.78 is 39.2.